The summed E-state index contributed by atoms with van der Waals surface area (Å²) >= 11 is 0. The van der Waals surface area contributed by atoms with Crippen LogP contribution >= 0.6 is 0 Å². The maximum Gasteiger partial charge on any atom is 0.336 e. The van der Waals surface area contributed by atoms with Crippen LogP contribution in [0.15, 0.2) is 42.5 Å². The lowest BCUT2D eigenvalue weighted by Crippen LogP contribution is -2.00. The van der Waals surface area contributed by atoms with Crippen molar-refractivity contribution in [3.63, 3.8) is 0 Å². The van der Waals surface area contributed by atoms with Crippen LogP contribution in [0, 0.1) is 6.92 Å². The number of carboxylic acid groups (broad SMARTS) is 1. The van der Waals surface area contributed by atoms with E-state index in [4.69, 9.17) is 9.47 Å². The molecule has 1 heterocycles. The van der Waals surface area contributed by atoms with Crippen LogP contribution < -0.4 is 9.47 Å². The summed E-state index contributed by atoms with van der Waals surface area (Å²) in [6.45, 7) is 1.93. The Labute approximate surface area is 151 Å². The smallest absolute Gasteiger partial charge is 0.336 e. The molecule has 5 nitrogen and oxygen atoms in total. The van der Waals surface area contributed by atoms with Gasteiger partial charge in [0.15, 0.2) is 0 Å². The maximum atomic E-state index is 11.6. The zero-order valence-corrected chi connectivity index (χ0v) is 14.8. The number of rotatable bonds is 5. The van der Waals surface area contributed by atoms with Crippen molar-refractivity contribution >= 4 is 29.0 Å². The topological polar surface area (TPSA) is 68.7 Å². The molecule has 5 heteroatoms. The molecule has 0 aliphatic heterocycles. The molecule has 2 aromatic carbocycles. The molecule has 0 aliphatic rings. The van der Waals surface area contributed by atoms with E-state index in [1.54, 1.807) is 32.4 Å². The van der Waals surface area contributed by atoms with E-state index in [-0.39, 0.29) is 5.56 Å². The van der Waals surface area contributed by atoms with Crippen molar-refractivity contribution in [2.45, 2.75) is 6.92 Å². The molecular weight excluding hydrogens is 330 g/mol. The molecule has 0 aliphatic carbocycles. The lowest BCUT2D eigenvalue weighted by Gasteiger charge is -2.08. The second-order valence-electron chi connectivity index (χ2n) is 5.86. The number of benzene rings is 2. The molecule has 3 rings (SSSR count). The third-order valence-electron chi connectivity index (χ3n) is 4.09. The minimum atomic E-state index is -0.973. The molecule has 0 saturated heterocycles. The highest BCUT2D eigenvalue weighted by Crippen LogP contribution is 2.27. The number of carboxylic acids is 1. The predicted octanol–water partition coefficient (Wildman–Crippen LogP) is 4.43. The summed E-state index contributed by atoms with van der Waals surface area (Å²) in [4.78, 5) is 16.2. The van der Waals surface area contributed by atoms with Crippen molar-refractivity contribution in [1.82, 2.24) is 4.98 Å². The van der Waals surface area contributed by atoms with Crippen molar-refractivity contribution in [2.24, 2.45) is 0 Å². The molecule has 0 saturated carbocycles. The van der Waals surface area contributed by atoms with Crippen LogP contribution in [0.2, 0.25) is 0 Å². The monoisotopic (exact) mass is 349 g/mol. The van der Waals surface area contributed by atoms with Crippen LogP contribution in [0.1, 0.15) is 27.2 Å². The molecule has 0 radical (unpaired) electrons. The molecule has 0 atom stereocenters. The summed E-state index contributed by atoms with van der Waals surface area (Å²) in [5, 5.41) is 10.2. The second-order valence-corrected chi connectivity index (χ2v) is 5.86. The molecule has 26 heavy (non-hydrogen) atoms. The molecule has 1 aromatic heterocycles. The summed E-state index contributed by atoms with van der Waals surface area (Å²) in [5.74, 6) is 0.390. The summed E-state index contributed by atoms with van der Waals surface area (Å²) in [5.41, 5.74) is 3.29. The van der Waals surface area contributed by atoms with Gasteiger partial charge in [0, 0.05) is 17.0 Å². The summed E-state index contributed by atoms with van der Waals surface area (Å²) < 4.78 is 10.6. The van der Waals surface area contributed by atoms with Crippen LogP contribution in [-0.2, 0) is 0 Å². The van der Waals surface area contributed by atoms with Gasteiger partial charge in [-0.3, -0.25) is 0 Å². The van der Waals surface area contributed by atoms with Gasteiger partial charge in [0.1, 0.15) is 11.5 Å². The lowest BCUT2D eigenvalue weighted by atomic mass is 10.0. The number of pyridine rings is 1. The molecule has 0 bridgehead atoms. The molecule has 0 fully saturated rings. The summed E-state index contributed by atoms with van der Waals surface area (Å²) in [7, 11) is 3.18. The lowest BCUT2D eigenvalue weighted by molar-refractivity contribution is 0.0699. The highest BCUT2D eigenvalue weighted by Gasteiger charge is 2.11. The Balaban J connectivity index is 2.05. The average molecular weight is 349 g/mol. The fourth-order valence-corrected chi connectivity index (χ4v) is 2.75. The van der Waals surface area contributed by atoms with Crippen LogP contribution in [0.25, 0.3) is 23.1 Å². The van der Waals surface area contributed by atoms with Crippen LogP contribution in [0.4, 0.5) is 0 Å². The summed E-state index contributed by atoms with van der Waals surface area (Å²) in [6.07, 6.45) is 3.61. The first-order valence-electron chi connectivity index (χ1n) is 8.06. The van der Waals surface area contributed by atoms with Crippen molar-refractivity contribution in [1.29, 1.82) is 0 Å². The first-order valence-corrected chi connectivity index (χ1v) is 8.06. The van der Waals surface area contributed by atoms with E-state index in [0.29, 0.717) is 28.1 Å². The van der Waals surface area contributed by atoms with Crippen molar-refractivity contribution in [2.75, 3.05) is 14.2 Å². The fraction of sp³-hybridized carbons (Fsp3) is 0.143. The standard InChI is InChI=1S/C21H19NO4/c1-13-4-9-19-17(10-13)18(21(23)24)11-15(22-19)7-5-14-6-8-16(25-2)12-20(14)26-3/h4-12H,1-3H3,(H,23,24)/b7-5+. The molecule has 132 valence electrons. The number of aromatic nitrogens is 1. The minimum Gasteiger partial charge on any atom is -0.497 e. The van der Waals surface area contributed by atoms with Crippen LogP contribution in [0.3, 0.4) is 0 Å². The Hall–Kier alpha value is -3.34. The summed E-state index contributed by atoms with van der Waals surface area (Å²) in [6, 6.07) is 12.7. The van der Waals surface area contributed by atoms with E-state index >= 15 is 0 Å². The van der Waals surface area contributed by atoms with E-state index in [2.05, 4.69) is 4.98 Å². The Bertz CT molecular complexity index is 1010. The zero-order valence-electron chi connectivity index (χ0n) is 14.8. The second kappa shape index (κ2) is 7.27. The van der Waals surface area contributed by atoms with Crippen molar-refractivity contribution < 1.29 is 19.4 Å². The Kier molecular flexibility index (Phi) is 4.89. The van der Waals surface area contributed by atoms with Gasteiger partial charge in [0.2, 0.25) is 0 Å². The molecule has 1 N–H and O–H groups in total. The Morgan fingerprint density at radius 2 is 1.85 bits per heavy atom. The number of aromatic carboxylic acids is 1. The van der Waals surface area contributed by atoms with Gasteiger partial charge < -0.3 is 14.6 Å². The molecule has 0 amide bonds. The van der Waals surface area contributed by atoms with Crippen molar-refractivity contribution in [3.8, 4) is 11.5 Å². The fourth-order valence-electron chi connectivity index (χ4n) is 2.75. The number of hydrogen-bond acceptors (Lipinski definition) is 4. The highest BCUT2D eigenvalue weighted by molar-refractivity contribution is 6.03. The number of ether oxygens (including phenoxy) is 2. The van der Waals surface area contributed by atoms with Gasteiger partial charge in [-0.2, -0.15) is 0 Å². The number of methoxy groups -OCH3 is 2. The Morgan fingerprint density at radius 3 is 2.54 bits per heavy atom. The van der Waals surface area contributed by atoms with E-state index in [0.717, 1.165) is 11.1 Å². The number of nitrogens with zero attached hydrogens (tertiary/aromatic N) is 1. The van der Waals surface area contributed by atoms with Gasteiger partial charge >= 0.3 is 5.97 Å². The number of hydrogen-bond donors (Lipinski definition) is 1. The van der Waals surface area contributed by atoms with Gasteiger partial charge in [-0.05, 0) is 49.4 Å². The molecule has 0 spiro atoms. The third-order valence-corrected chi connectivity index (χ3v) is 4.09. The normalized spacial score (nSPS) is 11.0. The Morgan fingerprint density at radius 1 is 1.04 bits per heavy atom. The van der Waals surface area contributed by atoms with Gasteiger partial charge in [-0.1, -0.05) is 11.6 Å². The molecule has 3 aromatic rings. The average Bonchev–Trinajstić information content (AvgIpc) is 2.65. The highest BCUT2D eigenvalue weighted by atomic mass is 16.5. The van der Waals surface area contributed by atoms with Crippen molar-refractivity contribution in [3.05, 3.63) is 64.8 Å². The van der Waals surface area contributed by atoms with Gasteiger partial charge in [0.05, 0.1) is 31.0 Å². The van der Waals surface area contributed by atoms with Gasteiger partial charge in [-0.25, -0.2) is 9.78 Å². The maximum absolute atomic E-state index is 11.6. The van der Waals surface area contributed by atoms with E-state index < -0.39 is 5.97 Å². The first kappa shape index (κ1) is 17.5. The largest absolute Gasteiger partial charge is 0.497 e. The predicted molar refractivity (Wildman–Crippen MR) is 102 cm³/mol. The SMILES string of the molecule is COc1ccc(/C=C/c2cc(C(=O)O)c3cc(C)ccc3n2)c(OC)c1. The van der Waals surface area contributed by atoms with E-state index in [1.165, 1.54) is 0 Å². The molecule has 0 unspecified atom stereocenters. The van der Waals surface area contributed by atoms with E-state index in [9.17, 15) is 9.90 Å². The number of aryl methyl sites for hydroxylation is 1. The zero-order chi connectivity index (χ0) is 18.7. The number of carbonyl (C=O) groups is 1. The van der Waals surface area contributed by atoms with Gasteiger partial charge in [-0.15, -0.1) is 0 Å². The van der Waals surface area contributed by atoms with Crippen LogP contribution in [0.5, 0.6) is 11.5 Å². The van der Waals surface area contributed by atoms with Crippen LogP contribution in [-0.4, -0.2) is 30.3 Å². The quantitative estimate of drug-likeness (QED) is 0.738. The number of fused-ring (bicyclic) bond motifs is 1. The first-order chi connectivity index (χ1) is 12.5. The third kappa shape index (κ3) is 3.52. The van der Waals surface area contributed by atoms with E-state index in [1.807, 2.05) is 43.3 Å². The minimum absolute atomic E-state index is 0.236. The molecular formula is C21H19NO4. The van der Waals surface area contributed by atoms with Gasteiger partial charge in [0.25, 0.3) is 0 Å².